The molecule has 0 N–H and O–H groups in total. The number of hydrogen-bond acceptors (Lipinski definition) is 3. The predicted molar refractivity (Wildman–Crippen MR) is 85.3 cm³/mol. The lowest BCUT2D eigenvalue weighted by Crippen LogP contribution is -2.41. The Morgan fingerprint density at radius 2 is 1.70 bits per heavy atom. The molecule has 1 heterocycles. The molecule has 0 radical (unpaired) electrons. The standard InChI is InChI=1S/C16H24N3S/c1-12(2)19(13(3)4)16-17-18(14(5)20-16)11-15-9-7-6-8-10-15/h6-10,12-13H,11H2,1-5H3/q+1. The molecule has 2 rings (SSSR count). The molecule has 0 amide bonds. The molecule has 0 spiro atoms. The summed E-state index contributed by atoms with van der Waals surface area (Å²) in [6, 6.07) is 11.4. The maximum absolute atomic E-state index is 4.81. The van der Waals surface area contributed by atoms with Crippen LogP contribution in [-0.4, -0.2) is 17.2 Å². The lowest BCUT2D eigenvalue weighted by Gasteiger charge is -2.28. The lowest BCUT2D eigenvalue weighted by atomic mass is 10.2. The molecule has 0 aliphatic heterocycles. The van der Waals surface area contributed by atoms with Gasteiger partial charge in [-0.25, -0.2) is 0 Å². The van der Waals surface area contributed by atoms with Crippen LogP contribution < -0.4 is 9.58 Å². The van der Waals surface area contributed by atoms with Crippen LogP contribution in [0.5, 0.6) is 0 Å². The molecule has 20 heavy (non-hydrogen) atoms. The summed E-state index contributed by atoms with van der Waals surface area (Å²) in [7, 11) is 0. The minimum absolute atomic E-state index is 0.464. The molecule has 108 valence electrons. The van der Waals surface area contributed by atoms with Crippen LogP contribution in [-0.2, 0) is 6.54 Å². The number of nitrogens with zero attached hydrogens (tertiary/aromatic N) is 3. The van der Waals surface area contributed by atoms with Crippen molar-refractivity contribution in [3.63, 3.8) is 0 Å². The fourth-order valence-corrected chi connectivity index (χ4v) is 3.57. The van der Waals surface area contributed by atoms with Crippen LogP contribution in [0.4, 0.5) is 5.13 Å². The first-order valence-electron chi connectivity index (χ1n) is 7.19. The third-order valence-corrected chi connectivity index (χ3v) is 4.30. The molecule has 0 aliphatic carbocycles. The van der Waals surface area contributed by atoms with E-state index in [9.17, 15) is 0 Å². The van der Waals surface area contributed by atoms with E-state index in [0.717, 1.165) is 11.7 Å². The topological polar surface area (TPSA) is 20.0 Å². The Bertz CT molecular complexity index is 538. The molecule has 0 aliphatic rings. The van der Waals surface area contributed by atoms with Gasteiger partial charge in [-0.05, 0) is 39.0 Å². The van der Waals surface area contributed by atoms with Gasteiger partial charge in [0.1, 0.15) is 0 Å². The highest BCUT2D eigenvalue weighted by atomic mass is 32.1. The van der Waals surface area contributed by atoms with Crippen molar-refractivity contribution in [3.8, 4) is 0 Å². The predicted octanol–water partition coefficient (Wildman–Crippen LogP) is 3.41. The lowest BCUT2D eigenvalue weighted by molar-refractivity contribution is -0.745. The van der Waals surface area contributed by atoms with Crippen LogP contribution in [0.15, 0.2) is 30.3 Å². The highest BCUT2D eigenvalue weighted by Crippen LogP contribution is 2.23. The first-order valence-corrected chi connectivity index (χ1v) is 8.00. The largest absolute Gasteiger partial charge is 0.338 e. The molecule has 2 aromatic rings. The Kier molecular flexibility index (Phi) is 4.76. The van der Waals surface area contributed by atoms with Gasteiger partial charge in [-0.2, -0.15) is 0 Å². The van der Waals surface area contributed by atoms with Crippen molar-refractivity contribution in [2.45, 2.75) is 53.2 Å². The molecular formula is C16H24N3S+. The van der Waals surface area contributed by atoms with Crippen LogP contribution >= 0.6 is 11.3 Å². The molecule has 4 heteroatoms. The minimum Gasteiger partial charge on any atom is -0.338 e. The second-order valence-electron chi connectivity index (χ2n) is 5.64. The van der Waals surface area contributed by atoms with E-state index in [1.165, 1.54) is 10.6 Å². The van der Waals surface area contributed by atoms with Crippen molar-refractivity contribution in [2.75, 3.05) is 4.90 Å². The van der Waals surface area contributed by atoms with Crippen molar-refractivity contribution in [2.24, 2.45) is 0 Å². The summed E-state index contributed by atoms with van der Waals surface area (Å²) in [5.74, 6) is 0. The average Bonchev–Trinajstić information content (AvgIpc) is 2.70. The van der Waals surface area contributed by atoms with Crippen molar-refractivity contribution < 1.29 is 4.68 Å². The van der Waals surface area contributed by atoms with Crippen LogP contribution in [0, 0.1) is 6.92 Å². The van der Waals surface area contributed by atoms with Gasteiger partial charge in [-0.3, -0.25) is 0 Å². The van der Waals surface area contributed by atoms with Gasteiger partial charge in [0, 0.05) is 29.7 Å². The SMILES string of the molecule is Cc1sc(N(C(C)C)C(C)C)n[n+]1Cc1ccccc1. The number of aromatic nitrogens is 2. The summed E-state index contributed by atoms with van der Waals surface area (Å²) < 4.78 is 2.10. The number of anilines is 1. The molecule has 1 aromatic carbocycles. The van der Waals surface area contributed by atoms with Gasteiger partial charge >= 0.3 is 0 Å². The highest BCUT2D eigenvalue weighted by Gasteiger charge is 2.24. The Morgan fingerprint density at radius 3 is 2.25 bits per heavy atom. The second-order valence-corrected chi connectivity index (χ2v) is 6.80. The Hall–Kier alpha value is -1.42. The normalized spacial score (nSPS) is 11.3. The van der Waals surface area contributed by atoms with Crippen molar-refractivity contribution >= 4 is 16.5 Å². The first kappa shape index (κ1) is 15.0. The fraction of sp³-hybridized carbons (Fsp3) is 0.500. The van der Waals surface area contributed by atoms with E-state index in [1.54, 1.807) is 11.3 Å². The zero-order valence-electron chi connectivity index (χ0n) is 13.0. The fourth-order valence-electron chi connectivity index (χ4n) is 2.42. The Morgan fingerprint density at radius 1 is 1.10 bits per heavy atom. The molecule has 0 unspecified atom stereocenters. The van der Waals surface area contributed by atoms with Crippen molar-refractivity contribution in [3.05, 3.63) is 40.9 Å². The van der Waals surface area contributed by atoms with E-state index in [2.05, 4.69) is 68.5 Å². The Balaban J connectivity index is 2.25. The van der Waals surface area contributed by atoms with E-state index >= 15 is 0 Å². The van der Waals surface area contributed by atoms with Crippen LogP contribution in [0.1, 0.15) is 38.3 Å². The maximum Gasteiger partial charge on any atom is 0.264 e. The molecule has 0 bridgehead atoms. The number of rotatable bonds is 5. The zero-order chi connectivity index (χ0) is 14.7. The van der Waals surface area contributed by atoms with E-state index in [0.29, 0.717) is 12.1 Å². The van der Waals surface area contributed by atoms with Crippen molar-refractivity contribution in [1.82, 2.24) is 5.10 Å². The maximum atomic E-state index is 4.81. The zero-order valence-corrected chi connectivity index (χ0v) is 13.8. The van der Waals surface area contributed by atoms with Crippen LogP contribution in [0.2, 0.25) is 0 Å². The van der Waals surface area contributed by atoms with Gasteiger partial charge in [0.2, 0.25) is 6.54 Å². The molecule has 1 aromatic heterocycles. The monoisotopic (exact) mass is 290 g/mol. The number of aryl methyl sites for hydroxylation is 1. The van der Waals surface area contributed by atoms with E-state index in [1.807, 2.05) is 6.07 Å². The third-order valence-electron chi connectivity index (χ3n) is 3.32. The summed E-state index contributed by atoms with van der Waals surface area (Å²) in [4.78, 5) is 2.37. The quantitative estimate of drug-likeness (QED) is 0.786. The van der Waals surface area contributed by atoms with E-state index < -0.39 is 0 Å². The van der Waals surface area contributed by atoms with Crippen LogP contribution in [0.3, 0.4) is 0 Å². The number of benzene rings is 1. The molecule has 0 saturated heterocycles. The smallest absolute Gasteiger partial charge is 0.264 e. The summed E-state index contributed by atoms with van der Waals surface area (Å²) in [5, 5.41) is 7.17. The summed E-state index contributed by atoms with van der Waals surface area (Å²) in [6.07, 6.45) is 0. The van der Waals surface area contributed by atoms with Gasteiger partial charge in [0.05, 0.1) is 0 Å². The van der Waals surface area contributed by atoms with Gasteiger partial charge in [0.25, 0.3) is 10.1 Å². The second kappa shape index (κ2) is 6.35. The molecule has 3 nitrogen and oxygen atoms in total. The van der Waals surface area contributed by atoms with Gasteiger partial charge < -0.3 is 4.90 Å². The molecule has 0 saturated carbocycles. The first-order chi connectivity index (χ1) is 9.49. The third kappa shape index (κ3) is 3.37. The van der Waals surface area contributed by atoms with Crippen LogP contribution in [0.25, 0.3) is 0 Å². The molecular weight excluding hydrogens is 266 g/mol. The Labute approximate surface area is 125 Å². The van der Waals surface area contributed by atoms with Gasteiger partial charge in [-0.1, -0.05) is 35.0 Å². The summed E-state index contributed by atoms with van der Waals surface area (Å²) >= 11 is 1.78. The van der Waals surface area contributed by atoms with Gasteiger partial charge in [-0.15, -0.1) is 0 Å². The highest BCUT2D eigenvalue weighted by molar-refractivity contribution is 7.14. The molecule has 0 fully saturated rings. The van der Waals surface area contributed by atoms with Gasteiger partial charge in [0.15, 0.2) is 0 Å². The summed E-state index contributed by atoms with van der Waals surface area (Å²) in [6.45, 7) is 11.9. The summed E-state index contributed by atoms with van der Waals surface area (Å²) in [5.41, 5.74) is 1.29. The minimum atomic E-state index is 0.464. The van der Waals surface area contributed by atoms with E-state index in [4.69, 9.17) is 5.10 Å². The van der Waals surface area contributed by atoms with Crippen molar-refractivity contribution in [1.29, 1.82) is 0 Å². The molecule has 0 atom stereocenters. The van der Waals surface area contributed by atoms with E-state index in [-0.39, 0.29) is 0 Å². The average molecular weight is 290 g/mol. The number of hydrogen-bond donors (Lipinski definition) is 0.